The van der Waals surface area contributed by atoms with Crippen molar-refractivity contribution >= 4 is 28.6 Å². The smallest absolute Gasteiger partial charge is 0.156 e. The second-order valence-corrected chi connectivity index (χ2v) is 9.31. The molecular weight excluding hydrogens is 458 g/mol. The zero-order valence-corrected chi connectivity index (χ0v) is 22.4. The molecule has 35 heavy (non-hydrogen) atoms. The Hall–Kier alpha value is -3.05. The van der Waals surface area contributed by atoms with Gasteiger partial charge in [0.2, 0.25) is 0 Å². The normalized spacial score (nSPS) is 11.7. The van der Waals surface area contributed by atoms with E-state index in [1.165, 1.54) is 21.9 Å². The summed E-state index contributed by atoms with van der Waals surface area (Å²) in [4.78, 5) is 0. The second kappa shape index (κ2) is 12.6. The van der Waals surface area contributed by atoms with Gasteiger partial charge in [-0.1, -0.05) is 40.9 Å². The standard InChI is InChI=1S/C29H36ClN3O2/c1-7-35-25-15-12-23(26(18-25)34-6)11-8-20(4)28-21(5)32-33-29(27(28)19(2)3)31-17-16-22-9-13-24(30)14-10-22/h9-10,12-15,18H,7-8,11,16-17H2,1-6H3,(H,31,33)/b28-20-. The number of methoxy groups -OCH3 is 1. The molecule has 0 aliphatic carbocycles. The topological polar surface area (TPSA) is 56.3 Å². The zero-order valence-electron chi connectivity index (χ0n) is 21.7. The molecule has 0 saturated carbocycles. The number of rotatable bonds is 10. The molecule has 0 aliphatic heterocycles. The first-order valence-electron chi connectivity index (χ1n) is 12.1. The number of nitrogens with one attached hydrogen (secondary N) is 1. The number of anilines is 1. The first kappa shape index (κ1) is 26.6. The summed E-state index contributed by atoms with van der Waals surface area (Å²) in [5, 5.41) is 15.6. The number of nitrogens with zero attached hydrogens (tertiary/aromatic N) is 2. The van der Waals surface area contributed by atoms with E-state index in [4.69, 9.17) is 21.1 Å². The molecule has 0 saturated heterocycles. The number of halogens is 1. The predicted octanol–water partition coefficient (Wildman–Crippen LogP) is 5.49. The van der Waals surface area contributed by atoms with Gasteiger partial charge in [-0.3, -0.25) is 0 Å². The molecular formula is C29H36ClN3O2. The zero-order chi connectivity index (χ0) is 25.4. The molecule has 0 bridgehead atoms. The Balaban J connectivity index is 1.86. The highest BCUT2D eigenvalue weighted by atomic mass is 35.5. The Kier molecular flexibility index (Phi) is 9.55. The first-order valence-corrected chi connectivity index (χ1v) is 12.5. The van der Waals surface area contributed by atoms with Crippen LogP contribution in [0.1, 0.15) is 50.9 Å². The van der Waals surface area contributed by atoms with Crippen LogP contribution in [-0.2, 0) is 12.8 Å². The molecule has 5 nitrogen and oxygen atoms in total. The van der Waals surface area contributed by atoms with Crippen LogP contribution in [0.2, 0.25) is 5.02 Å². The molecule has 1 aromatic heterocycles. The highest BCUT2D eigenvalue weighted by Gasteiger charge is 2.10. The Labute approximate surface area is 213 Å². The van der Waals surface area contributed by atoms with E-state index in [2.05, 4.69) is 54.5 Å². The minimum Gasteiger partial charge on any atom is -0.496 e. The van der Waals surface area contributed by atoms with Gasteiger partial charge in [-0.05, 0) is 83.2 Å². The number of ether oxygens (including phenoxy) is 2. The molecule has 0 amide bonds. The van der Waals surface area contributed by atoms with Gasteiger partial charge in [0.15, 0.2) is 5.82 Å². The molecule has 3 rings (SSSR count). The summed E-state index contributed by atoms with van der Waals surface area (Å²) in [5.74, 6) is 2.52. The molecule has 0 aliphatic rings. The Morgan fingerprint density at radius 1 is 0.971 bits per heavy atom. The molecule has 1 N–H and O–H groups in total. The van der Waals surface area contributed by atoms with Gasteiger partial charge < -0.3 is 14.8 Å². The minimum atomic E-state index is 0.634. The summed E-state index contributed by atoms with van der Waals surface area (Å²) in [6, 6.07) is 14.0. The van der Waals surface area contributed by atoms with Gasteiger partial charge in [0.25, 0.3) is 0 Å². The first-order chi connectivity index (χ1) is 16.8. The van der Waals surface area contributed by atoms with Crippen LogP contribution in [0.5, 0.6) is 11.5 Å². The summed E-state index contributed by atoms with van der Waals surface area (Å²) in [5.41, 5.74) is 5.83. The van der Waals surface area contributed by atoms with Crippen LogP contribution < -0.4 is 25.2 Å². The largest absolute Gasteiger partial charge is 0.496 e. The molecule has 0 unspecified atom stereocenters. The van der Waals surface area contributed by atoms with Crippen molar-refractivity contribution in [2.75, 3.05) is 25.6 Å². The summed E-state index contributed by atoms with van der Waals surface area (Å²) >= 11 is 6.01. The lowest BCUT2D eigenvalue weighted by Crippen LogP contribution is -2.36. The number of aromatic nitrogens is 2. The number of hydrogen-bond acceptors (Lipinski definition) is 5. The fourth-order valence-electron chi connectivity index (χ4n) is 4.27. The van der Waals surface area contributed by atoms with E-state index in [-0.39, 0.29) is 0 Å². The molecule has 3 aromatic rings. The van der Waals surface area contributed by atoms with Crippen LogP contribution in [0.4, 0.5) is 5.82 Å². The molecule has 0 radical (unpaired) electrons. The summed E-state index contributed by atoms with van der Waals surface area (Å²) < 4.78 is 11.2. The molecule has 2 aromatic carbocycles. The maximum absolute atomic E-state index is 6.01. The van der Waals surface area contributed by atoms with Gasteiger partial charge in [0.05, 0.1) is 19.4 Å². The summed E-state index contributed by atoms with van der Waals surface area (Å²) in [6.07, 6.45) is 2.64. The van der Waals surface area contributed by atoms with Gasteiger partial charge in [0, 0.05) is 28.1 Å². The Bertz CT molecular complexity index is 1270. The maximum Gasteiger partial charge on any atom is 0.156 e. The molecule has 0 atom stereocenters. The summed E-state index contributed by atoms with van der Waals surface area (Å²) in [7, 11) is 1.71. The van der Waals surface area contributed by atoms with E-state index in [0.717, 1.165) is 64.6 Å². The van der Waals surface area contributed by atoms with Crippen molar-refractivity contribution in [3.63, 3.8) is 0 Å². The van der Waals surface area contributed by atoms with Gasteiger partial charge in [-0.25, -0.2) is 0 Å². The monoisotopic (exact) mass is 493 g/mol. The molecule has 0 spiro atoms. The minimum absolute atomic E-state index is 0.634. The van der Waals surface area contributed by atoms with Gasteiger partial charge in [0.1, 0.15) is 11.5 Å². The van der Waals surface area contributed by atoms with Crippen molar-refractivity contribution < 1.29 is 9.47 Å². The third kappa shape index (κ3) is 6.98. The summed E-state index contributed by atoms with van der Waals surface area (Å²) in [6.45, 7) is 11.9. The van der Waals surface area contributed by atoms with Crippen LogP contribution in [0, 0.1) is 6.92 Å². The van der Waals surface area contributed by atoms with Crippen molar-refractivity contribution in [2.45, 2.75) is 53.9 Å². The Morgan fingerprint density at radius 3 is 2.37 bits per heavy atom. The van der Waals surface area contributed by atoms with Crippen molar-refractivity contribution in [1.82, 2.24) is 10.2 Å². The lowest BCUT2D eigenvalue weighted by Gasteiger charge is -2.13. The van der Waals surface area contributed by atoms with E-state index in [1.807, 2.05) is 38.1 Å². The number of aryl methyl sites for hydroxylation is 2. The van der Waals surface area contributed by atoms with Crippen molar-refractivity contribution in [1.29, 1.82) is 0 Å². The van der Waals surface area contributed by atoms with Gasteiger partial charge >= 0.3 is 0 Å². The maximum atomic E-state index is 6.01. The average Bonchev–Trinajstić information content (AvgIpc) is 2.84. The number of benzene rings is 2. The molecule has 1 heterocycles. The highest BCUT2D eigenvalue weighted by Crippen LogP contribution is 2.26. The van der Waals surface area contributed by atoms with Crippen LogP contribution in [0.15, 0.2) is 42.5 Å². The average molecular weight is 494 g/mol. The number of hydrogen-bond donors (Lipinski definition) is 1. The van der Waals surface area contributed by atoms with E-state index < -0.39 is 0 Å². The predicted molar refractivity (Wildman–Crippen MR) is 146 cm³/mol. The third-order valence-corrected chi connectivity index (χ3v) is 6.29. The fourth-order valence-corrected chi connectivity index (χ4v) is 4.39. The molecule has 6 heteroatoms. The van der Waals surface area contributed by atoms with E-state index in [9.17, 15) is 0 Å². The van der Waals surface area contributed by atoms with Gasteiger partial charge in [-0.15, -0.1) is 5.10 Å². The SMILES string of the molecule is CCOc1ccc(CC/C(C)=c2/c(C)nnc(NCCc3ccc(Cl)cc3)c2=C(C)C)c(OC)c1. The van der Waals surface area contributed by atoms with Gasteiger partial charge in [-0.2, -0.15) is 5.10 Å². The van der Waals surface area contributed by atoms with Crippen LogP contribution in [0.25, 0.3) is 11.1 Å². The van der Waals surface area contributed by atoms with Crippen molar-refractivity contribution in [3.05, 3.63) is 74.7 Å². The van der Waals surface area contributed by atoms with Crippen molar-refractivity contribution in [2.24, 2.45) is 0 Å². The highest BCUT2D eigenvalue weighted by molar-refractivity contribution is 6.30. The van der Waals surface area contributed by atoms with Crippen LogP contribution in [-0.4, -0.2) is 30.5 Å². The lowest BCUT2D eigenvalue weighted by molar-refractivity contribution is 0.335. The lowest BCUT2D eigenvalue weighted by atomic mass is 10.0. The van der Waals surface area contributed by atoms with Crippen molar-refractivity contribution in [3.8, 4) is 11.5 Å². The second-order valence-electron chi connectivity index (χ2n) is 8.87. The van der Waals surface area contributed by atoms with E-state index in [0.29, 0.717) is 6.61 Å². The Morgan fingerprint density at radius 2 is 1.71 bits per heavy atom. The third-order valence-electron chi connectivity index (χ3n) is 6.03. The van der Waals surface area contributed by atoms with Crippen LogP contribution in [0.3, 0.4) is 0 Å². The van der Waals surface area contributed by atoms with E-state index >= 15 is 0 Å². The quantitative estimate of drug-likeness (QED) is 0.404. The molecule has 0 fully saturated rings. The van der Waals surface area contributed by atoms with Crippen LogP contribution >= 0.6 is 11.6 Å². The van der Waals surface area contributed by atoms with E-state index in [1.54, 1.807) is 7.11 Å². The fraction of sp³-hybridized carbons (Fsp3) is 0.379. The molecule has 186 valence electrons.